The quantitative estimate of drug-likeness (QED) is 0.648. The second-order valence-electron chi connectivity index (χ2n) is 6.88. The molecule has 0 radical (unpaired) electrons. The van der Waals surface area contributed by atoms with Gasteiger partial charge in [0, 0.05) is 44.9 Å². The van der Waals surface area contributed by atoms with Crippen LogP contribution in [0.4, 0.5) is 5.69 Å². The van der Waals surface area contributed by atoms with Crippen LogP contribution in [0.1, 0.15) is 26.2 Å². The van der Waals surface area contributed by atoms with E-state index in [0.717, 1.165) is 48.6 Å². The third-order valence-corrected chi connectivity index (χ3v) is 4.70. The first kappa shape index (κ1) is 17.9. The van der Waals surface area contributed by atoms with Gasteiger partial charge in [0.2, 0.25) is 0 Å². The summed E-state index contributed by atoms with van der Waals surface area (Å²) in [5.74, 6) is 3.19. The normalized spacial score (nSPS) is 21.5. The number of guanidine groups is 1. The minimum Gasteiger partial charge on any atom is -0.490 e. The van der Waals surface area contributed by atoms with E-state index in [-0.39, 0.29) is 0 Å². The first-order valence-electron chi connectivity index (χ1n) is 9.34. The molecule has 0 amide bonds. The van der Waals surface area contributed by atoms with E-state index in [4.69, 9.17) is 9.47 Å². The molecule has 1 aromatic carbocycles. The number of benzene rings is 1. The lowest BCUT2D eigenvalue weighted by molar-refractivity contribution is 0.187. The summed E-state index contributed by atoms with van der Waals surface area (Å²) < 4.78 is 11.4. The zero-order valence-electron chi connectivity index (χ0n) is 15.4. The number of anilines is 1. The van der Waals surface area contributed by atoms with Crippen molar-refractivity contribution < 1.29 is 9.47 Å². The van der Waals surface area contributed by atoms with Gasteiger partial charge in [-0.3, -0.25) is 4.99 Å². The minimum atomic E-state index is 0.692. The molecule has 2 heterocycles. The predicted molar refractivity (Wildman–Crippen MR) is 102 cm³/mol. The van der Waals surface area contributed by atoms with Gasteiger partial charge < -0.3 is 25.0 Å². The highest BCUT2D eigenvalue weighted by Gasteiger charge is 2.16. The first-order valence-corrected chi connectivity index (χ1v) is 9.34. The summed E-state index contributed by atoms with van der Waals surface area (Å²) in [5, 5.41) is 6.73. The summed E-state index contributed by atoms with van der Waals surface area (Å²) in [4.78, 5) is 6.85. The fourth-order valence-electron chi connectivity index (χ4n) is 3.38. The summed E-state index contributed by atoms with van der Waals surface area (Å²) in [6.45, 7) is 8.08. The maximum atomic E-state index is 5.74. The van der Waals surface area contributed by atoms with Crippen LogP contribution in [0.15, 0.2) is 23.2 Å². The molecule has 0 bridgehead atoms. The van der Waals surface area contributed by atoms with Gasteiger partial charge in [0.25, 0.3) is 0 Å². The van der Waals surface area contributed by atoms with E-state index in [1.165, 1.54) is 25.9 Å². The van der Waals surface area contributed by atoms with E-state index in [9.17, 15) is 0 Å². The molecule has 2 N–H and O–H groups in total. The van der Waals surface area contributed by atoms with E-state index in [2.05, 4.69) is 27.4 Å². The number of aliphatic imine (C=N–C) groups is 1. The Bertz CT molecular complexity index is 591. The summed E-state index contributed by atoms with van der Waals surface area (Å²) in [6, 6.07) is 5.91. The van der Waals surface area contributed by atoms with Gasteiger partial charge in [-0.25, -0.2) is 0 Å². The van der Waals surface area contributed by atoms with Crippen molar-refractivity contribution in [3.63, 3.8) is 0 Å². The average molecular weight is 346 g/mol. The van der Waals surface area contributed by atoms with E-state index < -0.39 is 0 Å². The van der Waals surface area contributed by atoms with Crippen molar-refractivity contribution >= 4 is 11.6 Å². The molecule has 3 rings (SSSR count). The van der Waals surface area contributed by atoms with Gasteiger partial charge in [0.1, 0.15) is 0 Å². The maximum Gasteiger partial charge on any atom is 0.195 e. The highest BCUT2D eigenvalue weighted by Crippen LogP contribution is 2.32. The van der Waals surface area contributed by atoms with Gasteiger partial charge in [0.15, 0.2) is 17.5 Å². The minimum absolute atomic E-state index is 0.692. The summed E-state index contributed by atoms with van der Waals surface area (Å²) in [5.41, 5.74) is 0.948. The lowest BCUT2D eigenvalue weighted by atomic mass is 10.0. The number of fused-ring (bicyclic) bond motifs is 1. The molecule has 138 valence electrons. The van der Waals surface area contributed by atoms with Crippen molar-refractivity contribution in [3.05, 3.63) is 18.2 Å². The van der Waals surface area contributed by atoms with E-state index in [1.807, 2.05) is 18.2 Å². The average Bonchev–Trinajstić information content (AvgIpc) is 2.86. The molecule has 25 heavy (non-hydrogen) atoms. The second kappa shape index (κ2) is 8.94. The molecule has 0 spiro atoms. The van der Waals surface area contributed by atoms with Gasteiger partial charge in [-0.05, 0) is 37.4 Å². The van der Waals surface area contributed by atoms with Crippen LogP contribution in [0, 0.1) is 5.92 Å². The zero-order valence-corrected chi connectivity index (χ0v) is 15.4. The molecule has 0 aromatic heterocycles. The molecule has 0 saturated carbocycles. The number of nitrogens with one attached hydrogen (secondary N) is 2. The van der Waals surface area contributed by atoms with Crippen LogP contribution in [-0.4, -0.2) is 57.3 Å². The number of nitrogens with zero attached hydrogens (tertiary/aromatic N) is 2. The van der Waals surface area contributed by atoms with Gasteiger partial charge in [0.05, 0.1) is 13.2 Å². The summed E-state index contributed by atoms with van der Waals surface area (Å²) in [7, 11) is 1.79. The van der Waals surface area contributed by atoms with Crippen molar-refractivity contribution in [2.75, 3.05) is 51.8 Å². The molecule has 1 aromatic rings. The molecule has 2 aliphatic rings. The number of likely N-dealkylation sites (tertiary alicyclic amines) is 1. The molecule has 1 unspecified atom stereocenters. The fourth-order valence-corrected chi connectivity index (χ4v) is 3.38. The van der Waals surface area contributed by atoms with Gasteiger partial charge in [-0.15, -0.1) is 0 Å². The topological polar surface area (TPSA) is 58.1 Å². The molecule has 2 aliphatic heterocycles. The number of rotatable bonds is 4. The molecule has 6 heteroatoms. The Morgan fingerprint density at radius 1 is 1.24 bits per heavy atom. The standard InChI is InChI=1S/C19H30N4O2/c1-15-5-3-9-23(14-15)10-8-21-19(20-2)22-16-6-7-17-18(13-16)25-12-4-11-24-17/h6-7,13,15H,3-5,8-12,14H2,1-2H3,(H2,20,21,22). The Kier molecular flexibility index (Phi) is 6.39. The Hall–Kier alpha value is -1.95. The van der Waals surface area contributed by atoms with Crippen LogP contribution >= 0.6 is 0 Å². The van der Waals surface area contributed by atoms with Crippen LogP contribution in [0.2, 0.25) is 0 Å². The summed E-state index contributed by atoms with van der Waals surface area (Å²) >= 11 is 0. The third kappa shape index (κ3) is 5.26. The van der Waals surface area contributed by atoms with Gasteiger partial charge >= 0.3 is 0 Å². The lowest BCUT2D eigenvalue weighted by Crippen LogP contribution is -2.41. The molecular weight excluding hydrogens is 316 g/mol. The fraction of sp³-hybridized carbons (Fsp3) is 0.632. The van der Waals surface area contributed by atoms with Gasteiger partial charge in [-0.1, -0.05) is 6.92 Å². The van der Waals surface area contributed by atoms with Crippen LogP contribution < -0.4 is 20.1 Å². The number of hydrogen-bond donors (Lipinski definition) is 2. The van der Waals surface area contributed by atoms with Crippen molar-refractivity contribution in [2.24, 2.45) is 10.9 Å². The Morgan fingerprint density at radius 2 is 2.08 bits per heavy atom. The van der Waals surface area contributed by atoms with Crippen LogP contribution in [-0.2, 0) is 0 Å². The molecule has 1 fully saturated rings. The van der Waals surface area contributed by atoms with Crippen LogP contribution in [0.3, 0.4) is 0 Å². The Morgan fingerprint density at radius 3 is 2.88 bits per heavy atom. The highest BCUT2D eigenvalue weighted by molar-refractivity contribution is 5.93. The number of hydrogen-bond acceptors (Lipinski definition) is 4. The van der Waals surface area contributed by atoms with E-state index >= 15 is 0 Å². The zero-order chi connectivity index (χ0) is 17.5. The first-order chi connectivity index (χ1) is 12.2. The van der Waals surface area contributed by atoms with Crippen molar-refractivity contribution in [1.29, 1.82) is 0 Å². The van der Waals surface area contributed by atoms with Crippen molar-refractivity contribution in [3.8, 4) is 11.5 Å². The number of piperidine rings is 1. The Labute approximate surface area is 150 Å². The van der Waals surface area contributed by atoms with E-state index in [1.54, 1.807) is 7.05 Å². The number of ether oxygens (including phenoxy) is 2. The van der Waals surface area contributed by atoms with Gasteiger partial charge in [-0.2, -0.15) is 0 Å². The SMILES string of the molecule is CN=C(NCCN1CCCC(C)C1)Nc1ccc2c(c1)OCCCO2. The van der Waals surface area contributed by atoms with Crippen LogP contribution in [0.25, 0.3) is 0 Å². The molecule has 0 aliphatic carbocycles. The monoisotopic (exact) mass is 346 g/mol. The molecule has 1 saturated heterocycles. The predicted octanol–water partition coefficient (Wildman–Crippen LogP) is 2.57. The summed E-state index contributed by atoms with van der Waals surface area (Å²) in [6.07, 6.45) is 3.58. The molecule has 1 atom stereocenters. The van der Waals surface area contributed by atoms with Crippen LogP contribution in [0.5, 0.6) is 11.5 Å². The largest absolute Gasteiger partial charge is 0.490 e. The lowest BCUT2D eigenvalue weighted by Gasteiger charge is -2.30. The third-order valence-electron chi connectivity index (χ3n) is 4.70. The maximum absolute atomic E-state index is 5.74. The Balaban J connectivity index is 1.49. The molecular formula is C19H30N4O2. The van der Waals surface area contributed by atoms with Crippen molar-refractivity contribution in [1.82, 2.24) is 10.2 Å². The van der Waals surface area contributed by atoms with E-state index in [0.29, 0.717) is 13.2 Å². The molecule has 6 nitrogen and oxygen atoms in total. The highest BCUT2D eigenvalue weighted by atomic mass is 16.5. The van der Waals surface area contributed by atoms with Crippen molar-refractivity contribution in [2.45, 2.75) is 26.2 Å². The second-order valence-corrected chi connectivity index (χ2v) is 6.88. The smallest absolute Gasteiger partial charge is 0.195 e.